The van der Waals surface area contributed by atoms with Crippen molar-refractivity contribution in [2.24, 2.45) is 0 Å². The number of hydrogen-bond donors (Lipinski definition) is 5. The fourth-order valence-corrected chi connectivity index (χ4v) is 2.80. The van der Waals surface area contributed by atoms with E-state index < -0.39 is 35.8 Å². The van der Waals surface area contributed by atoms with Gasteiger partial charge in [0, 0.05) is 25.6 Å². The molecule has 12 nitrogen and oxygen atoms in total. The van der Waals surface area contributed by atoms with Crippen LogP contribution in [0.3, 0.4) is 0 Å². The van der Waals surface area contributed by atoms with Gasteiger partial charge in [-0.2, -0.15) is 4.98 Å². The largest absolute Gasteiger partial charge is 0.444 e. The van der Waals surface area contributed by atoms with Crippen molar-refractivity contribution in [2.75, 3.05) is 25.4 Å². The van der Waals surface area contributed by atoms with Crippen molar-refractivity contribution in [3.05, 3.63) is 22.2 Å². The molecule has 0 bridgehead atoms. The Kier molecular flexibility index (Phi) is 8.59. The zero-order valence-electron chi connectivity index (χ0n) is 18.3. The van der Waals surface area contributed by atoms with Gasteiger partial charge in [-0.1, -0.05) is 11.8 Å². The van der Waals surface area contributed by atoms with Crippen LogP contribution in [0.1, 0.15) is 45.4 Å². The molecular weight excluding hydrogens is 422 g/mol. The van der Waals surface area contributed by atoms with Crippen molar-refractivity contribution in [3.63, 3.8) is 0 Å². The molecule has 12 heteroatoms. The average molecular weight is 451 g/mol. The van der Waals surface area contributed by atoms with Crippen molar-refractivity contribution in [3.8, 4) is 11.8 Å². The molecule has 1 aliphatic heterocycles. The van der Waals surface area contributed by atoms with E-state index >= 15 is 0 Å². The molecule has 1 fully saturated rings. The number of alkyl carbamates (subject to hydrolysis) is 1. The van der Waals surface area contributed by atoms with Crippen LogP contribution in [0, 0.1) is 11.8 Å². The van der Waals surface area contributed by atoms with E-state index in [2.05, 4.69) is 27.5 Å². The summed E-state index contributed by atoms with van der Waals surface area (Å²) in [6.45, 7) is 4.95. The minimum Gasteiger partial charge on any atom is -0.444 e. The lowest BCUT2D eigenvalue weighted by Gasteiger charge is -2.19. The predicted molar refractivity (Wildman–Crippen MR) is 113 cm³/mol. The van der Waals surface area contributed by atoms with E-state index in [1.54, 1.807) is 20.8 Å². The van der Waals surface area contributed by atoms with Crippen LogP contribution in [-0.4, -0.2) is 69.3 Å². The number of nitrogens with two attached hydrogens (primary N) is 1. The molecule has 1 aliphatic rings. The Morgan fingerprint density at radius 3 is 2.75 bits per heavy atom. The summed E-state index contributed by atoms with van der Waals surface area (Å²) in [6, 6.07) is 0. The number of amides is 2. The van der Waals surface area contributed by atoms with E-state index in [1.165, 1.54) is 6.20 Å². The number of anilines is 1. The van der Waals surface area contributed by atoms with Crippen molar-refractivity contribution in [2.45, 2.75) is 57.6 Å². The predicted octanol–water partition coefficient (Wildman–Crippen LogP) is -1.15. The molecule has 0 radical (unpaired) electrons. The average Bonchev–Trinajstić information content (AvgIpc) is 3.05. The smallest absolute Gasteiger partial charge is 0.407 e. The van der Waals surface area contributed by atoms with Crippen LogP contribution in [0.5, 0.6) is 0 Å². The summed E-state index contributed by atoms with van der Waals surface area (Å²) in [7, 11) is 0. The van der Waals surface area contributed by atoms with Crippen molar-refractivity contribution in [1.29, 1.82) is 0 Å². The molecule has 0 spiro atoms. The molecule has 3 unspecified atom stereocenters. The van der Waals surface area contributed by atoms with Gasteiger partial charge in [0.15, 0.2) is 0 Å². The molecule has 1 aromatic heterocycles. The second kappa shape index (κ2) is 10.9. The Balaban J connectivity index is 1.88. The lowest BCUT2D eigenvalue weighted by Crippen LogP contribution is -2.35. The monoisotopic (exact) mass is 451 g/mol. The topological polar surface area (TPSA) is 178 Å². The quantitative estimate of drug-likeness (QED) is 0.334. The number of carbonyl (C=O) groups is 2. The minimum atomic E-state index is -0.913. The summed E-state index contributed by atoms with van der Waals surface area (Å²) in [6.07, 6.45) is -1.60. The van der Waals surface area contributed by atoms with Crippen LogP contribution in [0.25, 0.3) is 0 Å². The Morgan fingerprint density at radius 2 is 2.12 bits per heavy atom. The Labute approximate surface area is 185 Å². The van der Waals surface area contributed by atoms with E-state index in [-0.39, 0.29) is 49.8 Å². The van der Waals surface area contributed by atoms with Gasteiger partial charge in [-0.15, -0.1) is 0 Å². The second-order valence-electron chi connectivity index (χ2n) is 8.10. The Morgan fingerprint density at radius 1 is 1.41 bits per heavy atom. The fraction of sp³-hybridized carbons (Fsp3) is 0.600. The molecule has 3 atom stereocenters. The summed E-state index contributed by atoms with van der Waals surface area (Å²) in [5, 5.41) is 24.1. The summed E-state index contributed by atoms with van der Waals surface area (Å²) in [4.78, 5) is 39.2. The molecule has 6 N–H and O–H groups in total. The zero-order valence-corrected chi connectivity index (χ0v) is 18.3. The number of rotatable bonds is 6. The molecule has 176 valence electrons. The Hall–Kier alpha value is -3.14. The molecule has 2 amide bonds. The van der Waals surface area contributed by atoms with Gasteiger partial charge >= 0.3 is 11.8 Å². The molecule has 0 saturated carbocycles. The number of nitrogens with zero attached hydrogens (tertiary/aromatic N) is 2. The third-order valence-electron chi connectivity index (χ3n) is 4.29. The first-order valence-corrected chi connectivity index (χ1v) is 10.1. The van der Waals surface area contributed by atoms with E-state index in [1.807, 2.05) is 0 Å². The summed E-state index contributed by atoms with van der Waals surface area (Å²) >= 11 is 0. The number of aliphatic hydroxyl groups is 2. The lowest BCUT2D eigenvalue weighted by molar-refractivity contribution is -0.120. The highest BCUT2D eigenvalue weighted by atomic mass is 16.6. The maximum absolute atomic E-state index is 12.1. The van der Waals surface area contributed by atoms with Gasteiger partial charge in [-0.05, 0) is 20.8 Å². The van der Waals surface area contributed by atoms with Gasteiger partial charge in [0.2, 0.25) is 5.91 Å². The number of aliphatic hydroxyl groups excluding tert-OH is 2. The van der Waals surface area contributed by atoms with Crippen molar-refractivity contribution < 1.29 is 29.3 Å². The first-order valence-electron chi connectivity index (χ1n) is 10.1. The van der Waals surface area contributed by atoms with Crippen LogP contribution in [-0.2, 0) is 14.3 Å². The van der Waals surface area contributed by atoms with Gasteiger partial charge in [-0.25, -0.2) is 9.59 Å². The lowest BCUT2D eigenvalue weighted by atomic mass is 10.2. The van der Waals surface area contributed by atoms with E-state index in [0.29, 0.717) is 0 Å². The molecular formula is C20H29N5O7. The molecule has 2 rings (SSSR count). The van der Waals surface area contributed by atoms with E-state index in [9.17, 15) is 24.6 Å². The first kappa shape index (κ1) is 25.1. The number of aromatic nitrogens is 2. The third-order valence-corrected chi connectivity index (χ3v) is 4.29. The highest BCUT2D eigenvalue weighted by molar-refractivity contribution is 5.77. The van der Waals surface area contributed by atoms with E-state index in [0.717, 1.165) is 4.57 Å². The summed E-state index contributed by atoms with van der Waals surface area (Å²) in [5.74, 6) is 5.03. The number of hydrogen-bond acceptors (Lipinski definition) is 9. The number of nitrogens with one attached hydrogen (secondary N) is 2. The Bertz CT molecular complexity index is 944. The van der Waals surface area contributed by atoms with Gasteiger partial charge in [0.25, 0.3) is 0 Å². The highest BCUT2D eigenvalue weighted by Crippen LogP contribution is 2.27. The fourth-order valence-electron chi connectivity index (χ4n) is 2.80. The first-order chi connectivity index (χ1) is 15.0. The van der Waals surface area contributed by atoms with Crippen LogP contribution in [0.4, 0.5) is 10.6 Å². The second-order valence-corrected chi connectivity index (χ2v) is 8.10. The van der Waals surface area contributed by atoms with Gasteiger partial charge in [0.05, 0.1) is 24.8 Å². The zero-order chi connectivity index (χ0) is 23.9. The molecule has 2 heterocycles. The van der Waals surface area contributed by atoms with Gasteiger partial charge in [0.1, 0.15) is 23.8 Å². The van der Waals surface area contributed by atoms with Crippen molar-refractivity contribution in [1.82, 2.24) is 20.2 Å². The number of nitrogen functional groups attached to an aromatic ring is 1. The third kappa shape index (κ3) is 7.52. The molecule has 32 heavy (non-hydrogen) atoms. The molecule has 0 aromatic carbocycles. The maximum Gasteiger partial charge on any atom is 0.407 e. The van der Waals surface area contributed by atoms with Crippen molar-refractivity contribution >= 4 is 17.8 Å². The highest BCUT2D eigenvalue weighted by Gasteiger charge is 2.35. The van der Waals surface area contributed by atoms with Crippen LogP contribution in [0.2, 0.25) is 0 Å². The number of ether oxygens (including phenoxy) is 2. The molecule has 1 saturated heterocycles. The van der Waals surface area contributed by atoms with Gasteiger partial charge in [-0.3, -0.25) is 9.36 Å². The minimum absolute atomic E-state index is 0.00899. The van der Waals surface area contributed by atoms with Crippen LogP contribution in [0.15, 0.2) is 11.0 Å². The summed E-state index contributed by atoms with van der Waals surface area (Å²) < 4.78 is 11.7. The van der Waals surface area contributed by atoms with Gasteiger partial charge < -0.3 is 36.1 Å². The molecule has 1 aromatic rings. The maximum atomic E-state index is 12.1. The normalized spacial score (nSPS) is 20.2. The van der Waals surface area contributed by atoms with E-state index in [4.69, 9.17) is 15.2 Å². The summed E-state index contributed by atoms with van der Waals surface area (Å²) in [5.41, 5.74) is 4.71. The van der Waals surface area contributed by atoms with Crippen LogP contribution >= 0.6 is 0 Å². The SMILES string of the molecule is CC(C)(C)OC(=O)NCCC(=O)NCC#Cc1cn(C2CC(O)C(CO)O2)c(=O)nc1N. The number of carbonyl (C=O) groups excluding carboxylic acids is 2. The van der Waals surface area contributed by atoms with Crippen LogP contribution < -0.4 is 22.1 Å². The molecule has 0 aliphatic carbocycles. The standard InChI is InChI=1S/C20H29N5O7/c1-20(2,3)32-19(30)23-8-6-15(28)22-7-4-5-12-10-25(18(29)24-17(12)21)16-9-13(27)14(11-26)31-16/h10,13-14,16,26-27H,6-9,11H2,1-3H3,(H,22,28)(H,23,30)(H2,21,24,29).